The van der Waals surface area contributed by atoms with Gasteiger partial charge in [-0.15, -0.1) is 0 Å². The number of aliphatic hydroxyl groups excluding tert-OH is 4. The maximum absolute atomic E-state index is 10.7. The highest BCUT2D eigenvalue weighted by atomic mass is 16.4. The van der Waals surface area contributed by atoms with Gasteiger partial charge in [0.15, 0.2) is 0 Å². The molecule has 0 saturated heterocycles. The zero-order valence-corrected chi connectivity index (χ0v) is 12.3. The monoisotopic (exact) mass is 337 g/mol. The lowest BCUT2D eigenvalue weighted by Crippen LogP contribution is -2.74. The Morgan fingerprint density at radius 1 is 0.739 bits per heavy atom. The van der Waals surface area contributed by atoms with Crippen molar-refractivity contribution >= 4 is 11.9 Å². The van der Waals surface area contributed by atoms with Crippen molar-refractivity contribution in [1.82, 2.24) is 16.0 Å². The molecule has 1 aliphatic rings. The molecule has 1 saturated carbocycles. The van der Waals surface area contributed by atoms with Crippen molar-refractivity contribution < 1.29 is 40.2 Å². The number of carboxylic acid groups (broad SMARTS) is 2. The molecule has 0 spiro atoms. The van der Waals surface area contributed by atoms with Crippen LogP contribution in [0.15, 0.2) is 0 Å². The highest BCUT2D eigenvalue weighted by Gasteiger charge is 2.49. The van der Waals surface area contributed by atoms with Crippen molar-refractivity contribution in [3.05, 3.63) is 0 Å². The molecule has 134 valence electrons. The molecular weight excluding hydrogens is 314 g/mol. The maximum atomic E-state index is 10.7. The molecule has 0 amide bonds. The number of aliphatic hydroxyl groups is 4. The molecule has 0 aliphatic heterocycles. The minimum Gasteiger partial charge on any atom is -0.480 e. The summed E-state index contributed by atoms with van der Waals surface area (Å²) in [6, 6.07) is -3.22. The smallest absolute Gasteiger partial charge is 0.317 e. The van der Waals surface area contributed by atoms with Gasteiger partial charge in [0, 0.05) is 6.54 Å². The van der Waals surface area contributed by atoms with Crippen LogP contribution in [-0.4, -0.2) is 105 Å². The second kappa shape index (κ2) is 9.08. The van der Waals surface area contributed by atoms with Gasteiger partial charge in [-0.05, 0) is 0 Å². The zero-order valence-electron chi connectivity index (χ0n) is 12.3. The summed E-state index contributed by atoms with van der Waals surface area (Å²) < 4.78 is 0. The van der Waals surface area contributed by atoms with Crippen molar-refractivity contribution in [2.75, 3.05) is 26.2 Å². The Balaban J connectivity index is 2.90. The maximum Gasteiger partial charge on any atom is 0.317 e. The minimum absolute atomic E-state index is 0.0478. The number of carbonyl (C=O) groups is 2. The van der Waals surface area contributed by atoms with Gasteiger partial charge in [0.05, 0.1) is 56.1 Å². The van der Waals surface area contributed by atoms with Crippen LogP contribution in [0.25, 0.3) is 0 Å². The van der Waals surface area contributed by atoms with Crippen molar-refractivity contribution in [3.63, 3.8) is 0 Å². The molecule has 9 N–H and O–H groups in total. The molecule has 0 radical (unpaired) electrons. The molecule has 4 unspecified atom stereocenters. The number of carboxylic acids is 2. The summed E-state index contributed by atoms with van der Waals surface area (Å²) in [5.41, 5.74) is 0. The lowest BCUT2D eigenvalue weighted by molar-refractivity contribution is -0.138. The Morgan fingerprint density at radius 2 is 1.09 bits per heavy atom. The number of rotatable bonds is 9. The van der Waals surface area contributed by atoms with Gasteiger partial charge in [-0.2, -0.15) is 0 Å². The molecule has 23 heavy (non-hydrogen) atoms. The van der Waals surface area contributed by atoms with Gasteiger partial charge in [0.25, 0.3) is 0 Å². The zero-order chi connectivity index (χ0) is 17.6. The largest absolute Gasteiger partial charge is 0.480 e. The number of nitrogens with one attached hydrogen (secondary N) is 3. The molecule has 1 fully saturated rings. The first-order valence-electron chi connectivity index (χ1n) is 7.08. The van der Waals surface area contributed by atoms with E-state index in [0.29, 0.717) is 0 Å². The van der Waals surface area contributed by atoms with E-state index in [4.69, 9.17) is 15.3 Å². The molecule has 11 heteroatoms. The standard InChI is InChI=1S/C12H23N3O8/c16-2-1-13-7-10(21)8(14-3-5(17)18)12(23)9(11(7)22)15-4-6(19)20/h7-16,21-23H,1-4H2,(H,17,18)(H,19,20). The summed E-state index contributed by atoms with van der Waals surface area (Å²) in [6.07, 6.45) is -4.13. The van der Waals surface area contributed by atoms with Gasteiger partial charge in [-0.1, -0.05) is 0 Å². The van der Waals surface area contributed by atoms with Crippen molar-refractivity contribution in [2.24, 2.45) is 0 Å². The Morgan fingerprint density at radius 3 is 1.39 bits per heavy atom. The molecule has 0 aromatic carbocycles. The van der Waals surface area contributed by atoms with Crippen LogP contribution in [0.2, 0.25) is 0 Å². The van der Waals surface area contributed by atoms with Crippen LogP contribution < -0.4 is 16.0 Å². The van der Waals surface area contributed by atoms with E-state index >= 15 is 0 Å². The third-order valence-corrected chi connectivity index (χ3v) is 3.68. The summed E-state index contributed by atoms with van der Waals surface area (Å²) in [5, 5.41) is 64.6. The first-order chi connectivity index (χ1) is 10.8. The van der Waals surface area contributed by atoms with Gasteiger partial charge < -0.3 is 36.0 Å². The van der Waals surface area contributed by atoms with Crippen LogP contribution in [-0.2, 0) is 9.59 Å². The van der Waals surface area contributed by atoms with Crippen LogP contribution in [0.5, 0.6) is 0 Å². The quantitative estimate of drug-likeness (QED) is 0.196. The molecule has 0 aromatic rings. The van der Waals surface area contributed by atoms with Crippen LogP contribution in [0.3, 0.4) is 0 Å². The Bertz CT molecular complexity index is 378. The van der Waals surface area contributed by atoms with Gasteiger partial charge >= 0.3 is 11.9 Å². The molecule has 0 bridgehead atoms. The van der Waals surface area contributed by atoms with E-state index in [-0.39, 0.29) is 13.2 Å². The SMILES string of the molecule is O=C(O)CNC1C(O)C(NCCO)C(O)C(NCC(=O)O)C1O. The third kappa shape index (κ3) is 5.35. The molecule has 0 aromatic heterocycles. The summed E-state index contributed by atoms with van der Waals surface area (Å²) >= 11 is 0. The normalized spacial score (nSPS) is 34.3. The Kier molecular flexibility index (Phi) is 7.78. The molecular formula is C12H23N3O8. The minimum atomic E-state index is -1.43. The van der Waals surface area contributed by atoms with Crippen molar-refractivity contribution in [2.45, 2.75) is 36.4 Å². The molecule has 1 rings (SSSR count). The van der Waals surface area contributed by atoms with Gasteiger partial charge in [-0.3, -0.25) is 20.2 Å². The molecule has 4 atom stereocenters. The Labute approximate surface area is 131 Å². The van der Waals surface area contributed by atoms with Crippen LogP contribution in [0.4, 0.5) is 0 Å². The summed E-state index contributed by atoms with van der Waals surface area (Å²) in [4.78, 5) is 21.3. The van der Waals surface area contributed by atoms with Gasteiger partial charge in [0.1, 0.15) is 0 Å². The van der Waals surface area contributed by atoms with Crippen molar-refractivity contribution in [3.8, 4) is 0 Å². The first-order valence-corrected chi connectivity index (χ1v) is 7.08. The fourth-order valence-corrected chi connectivity index (χ4v) is 2.64. The molecule has 0 heterocycles. The second-order valence-corrected chi connectivity index (χ2v) is 5.28. The van der Waals surface area contributed by atoms with Crippen molar-refractivity contribution in [1.29, 1.82) is 0 Å². The van der Waals surface area contributed by atoms with E-state index in [1.807, 2.05) is 0 Å². The summed E-state index contributed by atoms with van der Waals surface area (Å²) in [6.45, 7) is -1.29. The number of hydrogen-bond donors (Lipinski definition) is 9. The van der Waals surface area contributed by atoms with E-state index in [1.54, 1.807) is 0 Å². The fourth-order valence-electron chi connectivity index (χ4n) is 2.64. The van der Waals surface area contributed by atoms with Crippen LogP contribution in [0.1, 0.15) is 0 Å². The topological polar surface area (TPSA) is 192 Å². The summed E-state index contributed by atoms with van der Waals surface area (Å²) in [7, 11) is 0. The highest BCUT2D eigenvalue weighted by molar-refractivity contribution is 5.69. The summed E-state index contributed by atoms with van der Waals surface area (Å²) in [5.74, 6) is -2.41. The average Bonchev–Trinajstić information content (AvgIpc) is 2.46. The van der Waals surface area contributed by atoms with E-state index < -0.39 is 61.5 Å². The van der Waals surface area contributed by atoms with Crippen LogP contribution in [0, 0.1) is 0 Å². The second-order valence-electron chi connectivity index (χ2n) is 5.28. The van der Waals surface area contributed by atoms with Crippen LogP contribution >= 0.6 is 0 Å². The predicted molar refractivity (Wildman–Crippen MR) is 75.7 cm³/mol. The van der Waals surface area contributed by atoms with Gasteiger partial charge in [0.2, 0.25) is 0 Å². The predicted octanol–water partition coefficient (Wildman–Crippen LogP) is -4.88. The van der Waals surface area contributed by atoms with E-state index in [2.05, 4.69) is 16.0 Å². The van der Waals surface area contributed by atoms with E-state index in [0.717, 1.165) is 0 Å². The lowest BCUT2D eigenvalue weighted by Gasteiger charge is -2.46. The van der Waals surface area contributed by atoms with E-state index in [9.17, 15) is 24.9 Å². The first kappa shape index (κ1) is 19.7. The third-order valence-electron chi connectivity index (χ3n) is 3.68. The lowest BCUT2D eigenvalue weighted by atomic mass is 9.79. The van der Waals surface area contributed by atoms with Gasteiger partial charge in [-0.25, -0.2) is 0 Å². The number of hydrogen-bond acceptors (Lipinski definition) is 9. The average molecular weight is 337 g/mol. The molecule has 11 nitrogen and oxygen atoms in total. The molecule has 1 aliphatic carbocycles. The fraction of sp³-hybridized carbons (Fsp3) is 0.833. The Hall–Kier alpha value is -1.34. The highest BCUT2D eigenvalue weighted by Crippen LogP contribution is 2.21. The van der Waals surface area contributed by atoms with E-state index in [1.165, 1.54) is 0 Å². The number of aliphatic carboxylic acids is 2.